The minimum absolute atomic E-state index is 0. The summed E-state index contributed by atoms with van der Waals surface area (Å²) in [4.78, 5) is 4.20. The van der Waals surface area contributed by atoms with Crippen LogP contribution in [0.2, 0.25) is 0 Å². The molecule has 1 aliphatic rings. The third-order valence-electron chi connectivity index (χ3n) is 4.37. The van der Waals surface area contributed by atoms with E-state index in [1.54, 1.807) is 14.2 Å². The van der Waals surface area contributed by atoms with E-state index in [1.165, 1.54) is 5.56 Å². The van der Waals surface area contributed by atoms with E-state index in [0.29, 0.717) is 18.9 Å². The molecule has 0 radical (unpaired) electrons. The number of benzene rings is 1. The monoisotopic (exact) mass is 481 g/mol. The van der Waals surface area contributed by atoms with Crippen LogP contribution >= 0.6 is 24.0 Å². The van der Waals surface area contributed by atoms with Crippen LogP contribution in [0.1, 0.15) is 25.8 Å². The fourth-order valence-electron chi connectivity index (χ4n) is 2.75. The highest BCUT2D eigenvalue weighted by Crippen LogP contribution is 2.24. The van der Waals surface area contributed by atoms with Gasteiger partial charge in [-0.3, -0.25) is 4.99 Å². The molecule has 1 heterocycles. The molecule has 1 unspecified atom stereocenters. The zero-order valence-corrected chi connectivity index (χ0v) is 18.4. The molecule has 8 heteroatoms. The molecule has 142 valence electrons. The van der Waals surface area contributed by atoms with E-state index in [-0.39, 0.29) is 46.9 Å². The van der Waals surface area contributed by atoms with Gasteiger partial charge in [0.05, 0.1) is 18.6 Å². The SMILES string of the molecule is CN=C(NCC(C)(C)c1ccc(OC)cc1)NC1CCS(=O)(=O)C1.I. The number of rotatable bonds is 5. The number of methoxy groups -OCH3 is 1. The molecule has 0 aliphatic carbocycles. The molecule has 1 atom stereocenters. The van der Waals surface area contributed by atoms with Gasteiger partial charge in [-0.05, 0) is 24.1 Å². The number of nitrogens with one attached hydrogen (secondary N) is 2. The number of aliphatic imine (C=N–C) groups is 1. The van der Waals surface area contributed by atoms with Crippen LogP contribution < -0.4 is 15.4 Å². The van der Waals surface area contributed by atoms with Crippen molar-refractivity contribution in [3.8, 4) is 5.75 Å². The lowest BCUT2D eigenvalue weighted by atomic mass is 9.84. The lowest BCUT2D eigenvalue weighted by Crippen LogP contribution is -2.47. The van der Waals surface area contributed by atoms with Gasteiger partial charge < -0.3 is 15.4 Å². The second kappa shape index (κ2) is 9.07. The van der Waals surface area contributed by atoms with E-state index in [4.69, 9.17) is 4.74 Å². The van der Waals surface area contributed by atoms with Crippen molar-refractivity contribution in [1.82, 2.24) is 10.6 Å². The number of halogens is 1. The Morgan fingerprint density at radius 1 is 1.32 bits per heavy atom. The maximum atomic E-state index is 11.6. The van der Waals surface area contributed by atoms with Gasteiger partial charge in [0.1, 0.15) is 5.75 Å². The lowest BCUT2D eigenvalue weighted by Gasteiger charge is -2.27. The van der Waals surface area contributed by atoms with Crippen LogP contribution in [0.15, 0.2) is 29.3 Å². The second-order valence-corrected chi connectivity index (χ2v) is 9.01. The van der Waals surface area contributed by atoms with Gasteiger partial charge in [-0.25, -0.2) is 8.42 Å². The van der Waals surface area contributed by atoms with Gasteiger partial charge in [0.25, 0.3) is 0 Å². The van der Waals surface area contributed by atoms with E-state index < -0.39 is 9.84 Å². The lowest BCUT2D eigenvalue weighted by molar-refractivity contribution is 0.414. The van der Waals surface area contributed by atoms with Crippen molar-refractivity contribution in [2.75, 3.05) is 32.2 Å². The molecule has 0 bridgehead atoms. The quantitative estimate of drug-likeness (QED) is 0.382. The average Bonchev–Trinajstić information content (AvgIpc) is 2.90. The summed E-state index contributed by atoms with van der Waals surface area (Å²) in [6.07, 6.45) is 0.630. The Kier molecular flexibility index (Phi) is 7.98. The fourth-order valence-corrected chi connectivity index (χ4v) is 4.42. The Balaban J connectivity index is 0.00000312. The van der Waals surface area contributed by atoms with E-state index in [0.717, 1.165) is 5.75 Å². The minimum Gasteiger partial charge on any atom is -0.497 e. The predicted molar refractivity (Wildman–Crippen MR) is 113 cm³/mol. The molecule has 1 aromatic carbocycles. The predicted octanol–water partition coefficient (Wildman–Crippen LogP) is 1.94. The fraction of sp³-hybridized carbons (Fsp3) is 0.588. The molecule has 1 fully saturated rings. The van der Waals surface area contributed by atoms with Crippen molar-refractivity contribution in [2.24, 2.45) is 4.99 Å². The largest absolute Gasteiger partial charge is 0.497 e. The van der Waals surface area contributed by atoms with Crippen LogP contribution in [0.4, 0.5) is 0 Å². The molecule has 1 saturated heterocycles. The van der Waals surface area contributed by atoms with Crippen LogP contribution in [-0.4, -0.2) is 52.6 Å². The van der Waals surface area contributed by atoms with E-state index in [1.807, 2.05) is 12.1 Å². The van der Waals surface area contributed by atoms with E-state index in [2.05, 4.69) is 41.6 Å². The topological polar surface area (TPSA) is 79.8 Å². The number of ether oxygens (including phenoxy) is 1. The van der Waals surface area contributed by atoms with E-state index in [9.17, 15) is 8.42 Å². The van der Waals surface area contributed by atoms with Gasteiger partial charge in [-0.1, -0.05) is 26.0 Å². The summed E-state index contributed by atoms with van der Waals surface area (Å²) in [6, 6.07) is 7.95. The zero-order valence-electron chi connectivity index (χ0n) is 15.2. The smallest absolute Gasteiger partial charge is 0.191 e. The molecule has 6 nitrogen and oxygen atoms in total. The number of hydrogen-bond donors (Lipinski definition) is 2. The van der Waals surface area contributed by atoms with Crippen molar-refractivity contribution < 1.29 is 13.2 Å². The Morgan fingerprint density at radius 2 is 1.96 bits per heavy atom. The number of guanidine groups is 1. The van der Waals surface area contributed by atoms with Gasteiger partial charge in [0.15, 0.2) is 15.8 Å². The van der Waals surface area contributed by atoms with Crippen molar-refractivity contribution in [3.05, 3.63) is 29.8 Å². The second-order valence-electron chi connectivity index (χ2n) is 6.78. The van der Waals surface area contributed by atoms with Gasteiger partial charge in [-0.2, -0.15) is 0 Å². The highest BCUT2D eigenvalue weighted by Gasteiger charge is 2.29. The molecule has 1 aliphatic heterocycles. The number of hydrogen-bond acceptors (Lipinski definition) is 4. The van der Waals surface area contributed by atoms with Gasteiger partial charge in [0, 0.05) is 25.0 Å². The zero-order chi connectivity index (χ0) is 17.8. The van der Waals surface area contributed by atoms with Crippen LogP contribution in [0, 0.1) is 0 Å². The maximum absolute atomic E-state index is 11.6. The van der Waals surface area contributed by atoms with E-state index >= 15 is 0 Å². The summed E-state index contributed by atoms with van der Waals surface area (Å²) < 4.78 is 28.3. The van der Waals surface area contributed by atoms with Crippen molar-refractivity contribution in [1.29, 1.82) is 0 Å². The standard InChI is InChI=1S/C17H27N3O3S.HI/c1-17(2,13-5-7-15(23-4)8-6-13)12-19-16(18-3)20-14-9-10-24(21,22)11-14;/h5-8,14H,9-12H2,1-4H3,(H2,18,19,20);1H. The first-order valence-corrected chi connectivity index (χ1v) is 9.90. The summed E-state index contributed by atoms with van der Waals surface area (Å²) >= 11 is 0. The van der Waals surface area contributed by atoms with Crippen molar-refractivity contribution >= 4 is 39.8 Å². The molecule has 0 aromatic heterocycles. The third-order valence-corrected chi connectivity index (χ3v) is 6.13. The third kappa shape index (κ3) is 6.32. The highest BCUT2D eigenvalue weighted by atomic mass is 127. The molecule has 0 spiro atoms. The number of nitrogens with zero attached hydrogens (tertiary/aromatic N) is 1. The van der Waals surface area contributed by atoms with Crippen LogP contribution in [0.3, 0.4) is 0 Å². The van der Waals surface area contributed by atoms with Crippen LogP contribution in [-0.2, 0) is 15.3 Å². The minimum atomic E-state index is -2.90. The number of sulfone groups is 1. The first kappa shape index (κ1) is 22.0. The molecule has 0 amide bonds. The molecule has 0 saturated carbocycles. The maximum Gasteiger partial charge on any atom is 0.191 e. The Morgan fingerprint density at radius 3 is 2.44 bits per heavy atom. The summed E-state index contributed by atoms with van der Waals surface area (Å²) in [5, 5.41) is 6.51. The summed E-state index contributed by atoms with van der Waals surface area (Å²) in [5.41, 5.74) is 1.08. The summed E-state index contributed by atoms with van der Waals surface area (Å²) in [6.45, 7) is 4.97. The molecular weight excluding hydrogens is 453 g/mol. The Hall–Kier alpha value is -1.03. The first-order chi connectivity index (χ1) is 11.3. The van der Waals surface area contributed by atoms with Crippen molar-refractivity contribution in [3.63, 3.8) is 0 Å². The van der Waals surface area contributed by atoms with Crippen LogP contribution in [0.5, 0.6) is 5.75 Å². The normalized spacial score (nSPS) is 19.8. The summed E-state index contributed by atoms with van der Waals surface area (Å²) in [5.74, 6) is 1.90. The van der Waals surface area contributed by atoms with Crippen LogP contribution in [0.25, 0.3) is 0 Å². The average molecular weight is 481 g/mol. The van der Waals surface area contributed by atoms with Crippen molar-refractivity contribution in [2.45, 2.75) is 31.7 Å². The molecule has 1 aromatic rings. The Bertz CT molecular complexity index is 688. The highest BCUT2D eigenvalue weighted by molar-refractivity contribution is 14.0. The van der Waals surface area contributed by atoms with Gasteiger partial charge in [-0.15, -0.1) is 24.0 Å². The molecule has 2 rings (SSSR count). The molecular formula is C17H28IN3O3S. The van der Waals surface area contributed by atoms with Gasteiger partial charge in [0.2, 0.25) is 0 Å². The van der Waals surface area contributed by atoms with Gasteiger partial charge >= 0.3 is 0 Å². The summed E-state index contributed by atoms with van der Waals surface area (Å²) in [7, 11) is 0.448. The first-order valence-electron chi connectivity index (χ1n) is 8.08. The molecule has 25 heavy (non-hydrogen) atoms. The Labute approximate surface area is 167 Å². The molecule has 2 N–H and O–H groups in total.